The fourth-order valence-corrected chi connectivity index (χ4v) is 2.26. The zero-order valence-corrected chi connectivity index (χ0v) is 7.42. The second-order valence-electron chi connectivity index (χ2n) is 4.17. The number of ether oxygens (including phenoxy) is 1. The molecule has 1 heterocycles. The molecule has 0 unspecified atom stereocenters. The van der Waals surface area contributed by atoms with Crippen molar-refractivity contribution in [3.05, 3.63) is 0 Å². The molecule has 0 radical (unpaired) electrons. The summed E-state index contributed by atoms with van der Waals surface area (Å²) in [6.45, 7) is 0.902. The van der Waals surface area contributed by atoms with E-state index in [1.165, 1.54) is 12.8 Å². The minimum Gasteiger partial charge on any atom is -0.378 e. The van der Waals surface area contributed by atoms with Crippen LogP contribution < -0.4 is 0 Å². The van der Waals surface area contributed by atoms with E-state index in [0.717, 1.165) is 38.6 Å². The molecule has 1 saturated heterocycles. The van der Waals surface area contributed by atoms with E-state index in [4.69, 9.17) is 4.74 Å². The molecule has 2 fully saturated rings. The number of aldehydes is 1. The molecule has 0 aromatic heterocycles. The van der Waals surface area contributed by atoms with Gasteiger partial charge in [0.25, 0.3) is 0 Å². The van der Waals surface area contributed by atoms with Crippen molar-refractivity contribution in [3.8, 4) is 0 Å². The summed E-state index contributed by atoms with van der Waals surface area (Å²) in [5.41, 5.74) is 0.0228. The van der Waals surface area contributed by atoms with Gasteiger partial charge in [0.15, 0.2) is 0 Å². The van der Waals surface area contributed by atoms with E-state index in [-0.39, 0.29) is 5.41 Å². The topological polar surface area (TPSA) is 26.3 Å². The average molecular weight is 168 g/mol. The van der Waals surface area contributed by atoms with Crippen LogP contribution in [0.25, 0.3) is 0 Å². The van der Waals surface area contributed by atoms with Gasteiger partial charge in [-0.25, -0.2) is 0 Å². The summed E-state index contributed by atoms with van der Waals surface area (Å²) in [5.74, 6) is 0. The molecule has 2 aliphatic rings. The maximum atomic E-state index is 10.8. The molecule has 1 aliphatic carbocycles. The quantitative estimate of drug-likeness (QED) is 0.602. The molecule has 2 heteroatoms. The highest BCUT2D eigenvalue weighted by Gasteiger charge is 2.39. The fourth-order valence-electron chi connectivity index (χ4n) is 2.26. The first kappa shape index (κ1) is 8.24. The molecule has 2 rings (SSSR count). The van der Waals surface area contributed by atoms with Crippen molar-refractivity contribution in [1.29, 1.82) is 0 Å². The van der Waals surface area contributed by atoms with Crippen molar-refractivity contribution in [1.82, 2.24) is 0 Å². The summed E-state index contributed by atoms with van der Waals surface area (Å²) in [5, 5.41) is 0. The highest BCUT2D eigenvalue weighted by molar-refractivity contribution is 5.60. The van der Waals surface area contributed by atoms with Gasteiger partial charge in [0.1, 0.15) is 6.29 Å². The highest BCUT2D eigenvalue weighted by Crippen LogP contribution is 2.44. The average Bonchev–Trinajstić information content (AvgIpc) is 2.49. The molecule has 68 valence electrons. The lowest BCUT2D eigenvalue weighted by atomic mass is 9.66. The standard InChI is InChI=1S/C10H16O2/c11-8-10(4-2-5-10)7-9-3-1-6-12-9/h8-9H,1-7H2/t9-/m0/s1. The van der Waals surface area contributed by atoms with Gasteiger partial charge in [0.2, 0.25) is 0 Å². The Hall–Kier alpha value is -0.370. The lowest BCUT2D eigenvalue weighted by molar-refractivity contribution is -0.123. The van der Waals surface area contributed by atoms with E-state index in [1.54, 1.807) is 0 Å². The Morgan fingerprint density at radius 2 is 2.25 bits per heavy atom. The Balaban J connectivity index is 1.87. The van der Waals surface area contributed by atoms with Crippen molar-refractivity contribution in [2.45, 2.75) is 44.6 Å². The molecule has 12 heavy (non-hydrogen) atoms. The van der Waals surface area contributed by atoms with Gasteiger partial charge in [-0.05, 0) is 32.1 Å². The summed E-state index contributed by atoms with van der Waals surface area (Å²) in [6, 6.07) is 0. The van der Waals surface area contributed by atoms with Gasteiger partial charge >= 0.3 is 0 Å². The van der Waals surface area contributed by atoms with Crippen molar-refractivity contribution in [2.75, 3.05) is 6.61 Å². The van der Waals surface area contributed by atoms with E-state index < -0.39 is 0 Å². The predicted molar refractivity (Wildman–Crippen MR) is 45.9 cm³/mol. The first-order chi connectivity index (χ1) is 5.85. The maximum Gasteiger partial charge on any atom is 0.126 e. The second kappa shape index (κ2) is 3.17. The highest BCUT2D eigenvalue weighted by atomic mass is 16.5. The second-order valence-corrected chi connectivity index (χ2v) is 4.17. The van der Waals surface area contributed by atoms with Crippen LogP contribution >= 0.6 is 0 Å². The molecule has 0 amide bonds. The minimum absolute atomic E-state index is 0.0228. The lowest BCUT2D eigenvalue weighted by Gasteiger charge is -2.38. The predicted octanol–water partition coefficient (Wildman–Crippen LogP) is 1.92. The first-order valence-corrected chi connectivity index (χ1v) is 4.93. The Labute approximate surface area is 73.3 Å². The number of rotatable bonds is 3. The zero-order valence-electron chi connectivity index (χ0n) is 7.42. The van der Waals surface area contributed by atoms with Gasteiger partial charge in [0.05, 0.1) is 6.10 Å². The van der Waals surface area contributed by atoms with Crippen molar-refractivity contribution in [3.63, 3.8) is 0 Å². The first-order valence-electron chi connectivity index (χ1n) is 4.93. The van der Waals surface area contributed by atoms with Crippen LogP contribution in [0.4, 0.5) is 0 Å². The molecule has 0 aromatic rings. The van der Waals surface area contributed by atoms with Crippen LogP contribution in [-0.2, 0) is 9.53 Å². The zero-order chi connectivity index (χ0) is 8.44. The van der Waals surface area contributed by atoms with E-state index in [2.05, 4.69) is 0 Å². The summed E-state index contributed by atoms with van der Waals surface area (Å²) < 4.78 is 5.53. The van der Waals surface area contributed by atoms with E-state index in [1.807, 2.05) is 0 Å². The molecule has 1 saturated carbocycles. The number of hydrogen-bond acceptors (Lipinski definition) is 2. The molecule has 0 N–H and O–H groups in total. The third-order valence-corrected chi connectivity index (χ3v) is 3.26. The number of hydrogen-bond donors (Lipinski definition) is 0. The molecule has 0 bridgehead atoms. The van der Waals surface area contributed by atoms with Crippen molar-refractivity contribution < 1.29 is 9.53 Å². The van der Waals surface area contributed by atoms with Crippen LogP contribution in [0.3, 0.4) is 0 Å². The molecule has 0 spiro atoms. The van der Waals surface area contributed by atoms with Gasteiger partial charge in [0, 0.05) is 12.0 Å². The molecule has 1 aliphatic heterocycles. The maximum absolute atomic E-state index is 10.8. The van der Waals surface area contributed by atoms with Crippen LogP contribution in [0.15, 0.2) is 0 Å². The minimum atomic E-state index is 0.0228. The van der Waals surface area contributed by atoms with Crippen LogP contribution in [0.2, 0.25) is 0 Å². The lowest BCUT2D eigenvalue weighted by Crippen LogP contribution is -2.34. The number of carbonyl (C=O) groups is 1. The van der Waals surface area contributed by atoms with Crippen LogP contribution in [0.5, 0.6) is 0 Å². The smallest absolute Gasteiger partial charge is 0.126 e. The van der Waals surface area contributed by atoms with E-state index in [9.17, 15) is 4.79 Å². The van der Waals surface area contributed by atoms with Crippen LogP contribution in [-0.4, -0.2) is 19.0 Å². The summed E-state index contributed by atoms with van der Waals surface area (Å²) in [6.07, 6.45) is 8.29. The van der Waals surface area contributed by atoms with Gasteiger partial charge < -0.3 is 9.53 Å². The Kier molecular flexibility index (Phi) is 2.18. The molecule has 1 atom stereocenters. The Morgan fingerprint density at radius 3 is 2.67 bits per heavy atom. The van der Waals surface area contributed by atoms with E-state index >= 15 is 0 Å². The largest absolute Gasteiger partial charge is 0.378 e. The summed E-state index contributed by atoms with van der Waals surface area (Å²) in [7, 11) is 0. The molecular formula is C10H16O2. The monoisotopic (exact) mass is 168 g/mol. The van der Waals surface area contributed by atoms with Crippen LogP contribution in [0.1, 0.15) is 38.5 Å². The van der Waals surface area contributed by atoms with Crippen molar-refractivity contribution >= 4 is 6.29 Å². The Bertz CT molecular complexity index is 167. The van der Waals surface area contributed by atoms with Crippen molar-refractivity contribution in [2.24, 2.45) is 5.41 Å². The SMILES string of the molecule is O=CC1(C[C@@H]2CCCO2)CCC1. The Morgan fingerprint density at radius 1 is 1.42 bits per heavy atom. The van der Waals surface area contributed by atoms with Crippen LogP contribution in [0, 0.1) is 5.41 Å². The van der Waals surface area contributed by atoms with Gasteiger partial charge in [-0.3, -0.25) is 0 Å². The summed E-state index contributed by atoms with van der Waals surface area (Å²) >= 11 is 0. The van der Waals surface area contributed by atoms with Gasteiger partial charge in [-0.1, -0.05) is 6.42 Å². The van der Waals surface area contributed by atoms with E-state index in [0.29, 0.717) is 6.10 Å². The van der Waals surface area contributed by atoms with Gasteiger partial charge in [-0.2, -0.15) is 0 Å². The third-order valence-electron chi connectivity index (χ3n) is 3.26. The summed E-state index contributed by atoms with van der Waals surface area (Å²) in [4.78, 5) is 10.8. The van der Waals surface area contributed by atoms with Gasteiger partial charge in [-0.15, -0.1) is 0 Å². The molecular weight excluding hydrogens is 152 g/mol. The normalized spacial score (nSPS) is 32.8. The third kappa shape index (κ3) is 1.40. The molecule has 0 aromatic carbocycles. The number of carbonyl (C=O) groups excluding carboxylic acids is 1. The molecule has 2 nitrogen and oxygen atoms in total. The fraction of sp³-hybridized carbons (Fsp3) is 0.900.